The van der Waals surface area contributed by atoms with Crippen molar-refractivity contribution < 1.29 is 14.6 Å². The fourth-order valence-electron chi connectivity index (χ4n) is 1.17. The third-order valence-corrected chi connectivity index (χ3v) is 2.06. The standard InChI is InChI=1S/C11H21O3/c1-3-5-6-7-9-14-11(13)10(12)8-4-2/h10H,3-9H2,1-2H3. The molecule has 83 valence electrons. The van der Waals surface area contributed by atoms with Crippen LogP contribution in [0.4, 0.5) is 0 Å². The highest BCUT2D eigenvalue weighted by Gasteiger charge is 2.16. The molecule has 0 aliphatic rings. The molecule has 14 heavy (non-hydrogen) atoms. The molecule has 3 nitrogen and oxygen atoms in total. The Balaban J connectivity index is 3.34. The van der Waals surface area contributed by atoms with Crippen molar-refractivity contribution >= 4 is 5.97 Å². The van der Waals surface area contributed by atoms with E-state index in [-0.39, 0.29) is 0 Å². The average molecular weight is 201 g/mol. The van der Waals surface area contributed by atoms with E-state index in [9.17, 15) is 9.90 Å². The molecule has 0 N–H and O–H groups in total. The highest BCUT2D eigenvalue weighted by Crippen LogP contribution is 2.02. The molecule has 0 bridgehead atoms. The summed E-state index contributed by atoms with van der Waals surface area (Å²) in [5.74, 6) is -0.580. The highest BCUT2D eigenvalue weighted by molar-refractivity contribution is 5.74. The Morgan fingerprint density at radius 2 is 1.86 bits per heavy atom. The monoisotopic (exact) mass is 201 g/mol. The van der Waals surface area contributed by atoms with Gasteiger partial charge in [0.05, 0.1) is 6.61 Å². The Labute approximate surface area is 86.5 Å². The number of rotatable bonds is 8. The molecule has 0 aliphatic heterocycles. The van der Waals surface area contributed by atoms with Crippen LogP contribution in [0.5, 0.6) is 0 Å². The molecule has 0 heterocycles. The number of esters is 1. The molecule has 0 saturated heterocycles. The molecule has 0 spiro atoms. The van der Waals surface area contributed by atoms with Crippen molar-refractivity contribution in [1.82, 2.24) is 0 Å². The molecule has 0 saturated carbocycles. The topological polar surface area (TPSA) is 46.2 Å². The van der Waals surface area contributed by atoms with Crippen molar-refractivity contribution in [3.8, 4) is 0 Å². The van der Waals surface area contributed by atoms with Gasteiger partial charge in [0.25, 0.3) is 0 Å². The third kappa shape index (κ3) is 6.89. The second-order valence-corrected chi connectivity index (χ2v) is 3.51. The van der Waals surface area contributed by atoms with Crippen molar-refractivity contribution in [2.75, 3.05) is 6.61 Å². The number of hydrogen-bond acceptors (Lipinski definition) is 2. The van der Waals surface area contributed by atoms with E-state index in [1.807, 2.05) is 6.92 Å². The van der Waals surface area contributed by atoms with Gasteiger partial charge in [0.2, 0.25) is 0 Å². The van der Waals surface area contributed by atoms with E-state index in [0.29, 0.717) is 13.0 Å². The molecule has 1 atom stereocenters. The lowest BCUT2D eigenvalue weighted by Gasteiger charge is -2.07. The number of carbonyl (C=O) groups excluding carboxylic acids is 1. The predicted molar refractivity (Wildman–Crippen MR) is 54.5 cm³/mol. The zero-order chi connectivity index (χ0) is 10.8. The highest BCUT2D eigenvalue weighted by atomic mass is 16.5. The molecule has 0 fully saturated rings. The lowest BCUT2D eigenvalue weighted by molar-refractivity contribution is -0.157. The van der Waals surface area contributed by atoms with Gasteiger partial charge in [0.1, 0.15) is 0 Å². The van der Waals surface area contributed by atoms with Gasteiger partial charge in [0, 0.05) is 0 Å². The molecule has 3 heteroatoms. The van der Waals surface area contributed by atoms with E-state index < -0.39 is 12.1 Å². The van der Waals surface area contributed by atoms with Crippen LogP contribution in [0.2, 0.25) is 0 Å². The lowest BCUT2D eigenvalue weighted by atomic mass is 10.2. The first-order valence-corrected chi connectivity index (χ1v) is 5.54. The first-order chi connectivity index (χ1) is 6.72. The van der Waals surface area contributed by atoms with Crippen LogP contribution in [0.1, 0.15) is 52.4 Å². The zero-order valence-electron chi connectivity index (χ0n) is 9.25. The van der Waals surface area contributed by atoms with Gasteiger partial charge < -0.3 is 4.74 Å². The molecule has 0 amide bonds. The molecular formula is C11H21O3. The average Bonchev–Trinajstić information content (AvgIpc) is 2.17. The molecular weight excluding hydrogens is 180 g/mol. The molecule has 0 aromatic carbocycles. The minimum Gasteiger partial charge on any atom is -0.464 e. The summed E-state index contributed by atoms with van der Waals surface area (Å²) < 4.78 is 4.85. The van der Waals surface area contributed by atoms with Crippen molar-refractivity contribution in [3.05, 3.63) is 0 Å². The SMILES string of the molecule is CCCCCCOC(=O)C([O])CCC. The number of unbranched alkanes of at least 4 members (excludes halogenated alkanes) is 3. The fraction of sp³-hybridized carbons (Fsp3) is 0.909. The normalized spacial score (nSPS) is 12.5. The Kier molecular flexibility index (Phi) is 8.64. The number of hydrogen-bond donors (Lipinski definition) is 0. The summed E-state index contributed by atoms with van der Waals surface area (Å²) in [4.78, 5) is 11.0. The molecule has 0 aromatic heterocycles. The van der Waals surface area contributed by atoms with Gasteiger partial charge in [-0.2, -0.15) is 0 Å². The van der Waals surface area contributed by atoms with Crippen LogP contribution in [-0.4, -0.2) is 18.7 Å². The van der Waals surface area contributed by atoms with Crippen molar-refractivity contribution in [3.63, 3.8) is 0 Å². The zero-order valence-corrected chi connectivity index (χ0v) is 9.25. The Hall–Kier alpha value is -0.570. The summed E-state index contributed by atoms with van der Waals surface area (Å²) in [6, 6.07) is 0. The van der Waals surface area contributed by atoms with Gasteiger partial charge in [-0.05, 0) is 12.8 Å². The maximum Gasteiger partial charge on any atom is 0.338 e. The minimum absolute atomic E-state index is 0.383. The summed E-state index contributed by atoms with van der Waals surface area (Å²) in [6.45, 7) is 4.42. The summed E-state index contributed by atoms with van der Waals surface area (Å²) >= 11 is 0. The van der Waals surface area contributed by atoms with E-state index >= 15 is 0 Å². The van der Waals surface area contributed by atoms with Crippen molar-refractivity contribution in [2.45, 2.75) is 58.5 Å². The largest absolute Gasteiger partial charge is 0.464 e. The summed E-state index contributed by atoms with van der Waals surface area (Å²) in [5.41, 5.74) is 0. The molecule has 0 aromatic rings. The van der Waals surface area contributed by atoms with Crippen LogP contribution in [0.15, 0.2) is 0 Å². The summed E-state index contributed by atoms with van der Waals surface area (Å²) in [5, 5.41) is 11.1. The summed E-state index contributed by atoms with van der Waals surface area (Å²) in [7, 11) is 0. The van der Waals surface area contributed by atoms with Crippen molar-refractivity contribution in [2.24, 2.45) is 0 Å². The van der Waals surface area contributed by atoms with Crippen molar-refractivity contribution in [1.29, 1.82) is 0 Å². The van der Waals surface area contributed by atoms with Crippen LogP contribution in [0, 0.1) is 0 Å². The Bertz CT molecular complexity index is 145. The van der Waals surface area contributed by atoms with Gasteiger partial charge in [-0.15, -0.1) is 0 Å². The second kappa shape index (κ2) is 9.00. The summed E-state index contributed by atoms with van der Waals surface area (Å²) in [6.07, 6.45) is 4.21. The molecule has 1 unspecified atom stereocenters. The second-order valence-electron chi connectivity index (χ2n) is 3.51. The van der Waals surface area contributed by atoms with Crippen LogP contribution in [-0.2, 0) is 14.6 Å². The maximum absolute atomic E-state index is 11.1. The van der Waals surface area contributed by atoms with E-state index in [1.54, 1.807) is 0 Å². The fourth-order valence-corrected chi connectivity index (χ4v) is 1.17. The van der Waals surface area contributed by atoms with Crippen LogP contribution >= 0.6 is 0 Å². The van der Waals surface area contributed by atoms with E-state index in [2.05, 4.69) is 6.92 Å². The van der Waals surface area contributed by atoms with Gasteiger partial charge in [-0.25, -0.2) is 9.90 Å². The lowest BCUT2D eigenvalue weighted by Crippen LogP contribution is -2.21. The van der Waals surface area contributed by atoms with Gasteiger partial charge >= 0.3 is 5.97 Å². The van der Waals surface area contributed by atoms with E-state index in [4.69, 9.17) is 4.74 Å². The number of carbonyl (C=O) groups is 1. The van der Waals surface area contributed by atoms with Crippen LogP contribution in [0.3, 0.4) is 0 Å². The minimum atomic E-state index is -1.17. The quantitative estimate of drug-likeness (QED) is 0.447. The predicted octanol–water partition coefficient (Wildman–Crippen LogP) is 2.71. The van der Waals surface area contributed by atoms with E-state index in [0.717, 1.165) is 32.1 Å². The first kappa shape index (κ1) is 13.4. The smallest absolute Gasteiger partial charge is 0.338 e. The molecule has 1 radical (unpaired) electrons. The Morgan fingerprint density at radius 3 is 2.43 bits per heavy atom. The molecule has 0 rings (SSSR count). The third-order valence-electron chi connectivity index (χ3n) is 2.06. The van der Waals surface area contributed by atoms with E-state index in [1.165, 1.54) is 0 Å². The van der Waals surface area contributed by atoms with Crippen LogP contribution in [0.25, 0.3) is 0 Å². The Morgan fingerprint density at radius 1 is 1.14 bits per heavy atom. The first-order valence-electron chi connectivity index (χ1n) is 5.54. The maximum atomic E-state index is 11.1. The molecule has 0 aliphatic carbocycles. The van der Waals surface area contributed by atoms with Crippen LogP contribution < -0.4 is 0 Å². The van der Waals surface area contributed by atoms with Gasteiger partial charge in [-0.3, -0.25) is 0 Å². The number of ether oxygens (including phenoxy) is 1. The van der Waals surface area contributed by atoms with Gasteiger partial charge in [0.15, 0.2) is 6.10 Å². The van der Waals surface area contributed by atoms with Gasteiger partial charge in [-0.1, -0.05) is 39.5 Å².